The number of nitrogens with one attached hydrogen (secondary N) is 2. The zero-order valence-electron chi connectivity index (χ0n) is 14.6. The van der Waals surface area contributed by atoms with Gasteiger partial charge in [0, 0.05) is 37.4 Å². The van der Waals surface area contributed by atoms with E-state index in [2.05, 4.69) is 20.6 Å². The summed E-state index contributed by atoms with van der Waals surface area (Å²) in [7, 11) is 1.86. The van der Waals surface area contributed by atoms with Crippen LogP contribution in [0.5, 0.6) is 0 Å². The number of aromatic nitrogens is 3. The topological polar surface area (TPSA) is 88.9 Å². The molecular weight excluding hydrogens is 330 g/mol. The van der Waals surface area contributed by atoms with Crippen molar-refractivity contribution >= 4 is 17.5 Å². The van der Waals surface area contributed by atoms with E-state index in [0.717, 1.165) is 11.4 Å². The predicted octanol–water partition coefficient (Wildman–Crippen LogP) is 2.31. The molecular formula is C19H19N5O2. The lowest BCUT2D eigenvalue weighted by molar-refractivity contribution is 0.0950. The summed E-state index contributed by atoms with van der Waals surface area (Å²) in [5, 5.41) is 5.67. The zero-order chi connectivity index (χ0) is 18.5. The van der Waals surface area contributed by atoms with E-state index in [-0.39, 0.29) is 11.8 Å². The summed E-state index contributed by atoms with van der Waals surface area (Å²) in [6.45, 7) is 2.14. The SMILES string of the molecule is Cc1cccc(C(=O)NCc2nccn2C)c1NC(=O)c1ccncc1. The molecule has 2 amide bonds. The molecule has 2 aromatic heterocycles. The number of aryl methyl sites for hydroxylation is 2. The van der Waals surface area contributed by atoms with Gasteiger partial charge >= 0.3 is 0 Å². The van der Waals surface area contributed by atoms with Crippen molar-refractivity contribution in [3.63, 3.8) is 0 Å². The number of carbonyl (C=O) groups excluding carboxylic acids is 2. The first kappa shape index (κ1) is 17.3. The Balaban J connectivity index is 1.79. The molecule has 0 atom stereocenters. The summed E-state index contributed by atoms with van der Waals surface area (Å²) < 4.78 is 1.84. The summed E-state index contributed by atoms with van der Waals surface area (Å²) in [5.74, 6) is 0.176. The van der Waals surface area contributed by atoms with Gasteiger partial charge in [-0.15, -0.1) is 0 Å². The molecule has 7 heteroatoms. The maximum atomic E-state index is 12.6. The number of pyridine rings is 1. The third-order valence-corrected chi connectivity index (χ3v) is 4.03. The quantitative estimate of drug-likeness (QED) is 0.740. The Labute approximate surface area is 151 Å². The lowest BCUT2D eigenvalue weighted by Crippen LogP contribution is -2.26. The first-order chi connectivity index (χ1) is 12.6. The molecule has 2 heterocycles. The molecule has 0 fully saturated rings. The van der Waals surface area contributed by atoms with E-state index in [9.17, 15) is 9.59 Å². The molecule has 0 aliphatic carbocycles. The Morgan fingerprint density at radius 2 is 1.85 bits per heavy atom. The lowest BCUT2D eigenvalue weighted by Gasteiger charge is -2.14. The highest BCUT2D eigenvalue weighted by atomic mass is 16.2. The smallest absolute Gasteiger partial charge is 0.255 e. The van der Waals surface area contributed by atoms with Crippen LogP contribution in [0.25, 0.3) is 0 Å². The fourth-order valence-electron chi connectivity index (χ4n) is 2.53. The zero-order valence-corrected chi connectivity index (χ0v) is 14.6. The molecule has 0 saturated heterocycles. The number of hydrogen-bond acceptors (Lipinski definition) is 4. The minimum Gasteiger partial charge on any atom is -0.345 e. The number of anilines is 1. The van der Waals surface area contributed by atoms with Crippen LogP contribution >= 0.6 is 0 Å². The van der Waals surface area contributed by atoms with Crippen LogP contribution < -0.4 is 10.6 Å². The summed E-state index contributed by atoms with van der Waals surface area (Å²) in [6.07, 6.45) is 6.59. The van der Waals surface area contributed by atoms with Crippen LogP contribution in [0.15, 0.2) is 55.1 Å². The standard InChI is InChI=1S/C19H19N5O2/c1-13-4-3-5-15(19(26)22-12-16-21-10-11-24(16)2)17(13)23-18(25)14-6-8-20-9-7-14/h3-11H,12H2,1-2H3,(H,22,26)(H,23,25). The van der Waals surface area contributed by atoms with E-state index in [1.165, 1.54) is 0 Å². The van der Waals surface area contributed by atoms with Crippen LogP contribution in [-0.2, 0) is 13.6 Å². The number of imidazole rings is 1. The van der Waals surface area contributed by atoms with Crippen molar-refractivity contribution in [2.45, 2.75) is 13.5 Å². The van der Waals surface area contributed by atoms with Crippen LogP contribution in [0.2, 0.25) is 0 Å². The summed E-state index contributed by atoms with van der Waals surface area (Å²) in [4.78, 5) is 33.2. The van der Waals surface area contributed by atoms with Gasteiger partial charge in [0.1, 0.15) is 5.82 Å². The van der Waals surface area contributed by atoms with E-state index < -0.39 is 0 Å². The normalized spacial score (nSPS) is 10.4. The Kier molecular flexibility index (Phi) is 5.07. The molecule has 0 radical (unpaired) electrons. The van der Waals surface area contributed by atoms with Gasteiger partial charge in [0.15, 0.2) is 0 Å². The van der Waals surface area contributed by atoms with Gasteiger partial charge in [0.05, 0.1) is 17.8 Å². The molecule has 3 rings (SSSR count). The van der Waals surface area contributed by atoms with Gasteiger partial charge in [-0.05, 0) is 30.7 Å². The van der Waals surface area contributed by atoms with E-state index in [1.54, 1.807) is 42.9 Å². The second kappa shape index (κ2) is 7.60. The van der Waals surface area contributed by atoms with Gasteiger partial charge in [0.2, 0.25) is 0 Å². The van der Waals surface area contributed by atoms with Crippen molar-refractivity contribution in [3.05, 3.63) is 77.6 Å². The second-order valence-corrected chi connectivity index (χ2v) is 5.82. The molecule has 7 nitrogen and oxygen atoms in total. The van der Waals surface area contributed by atoms with Crippen LogP contribution in [0.4, 0.5) is 5.69 Å². The van der Waals surface area contributed by atoms with Gasteiger partial charge in [0.25, 0.3) is 11.8 Å². The number of carbonyl (C=O) groups is 2. The minimum absolute atomic E-state index is 0.276. The average molecular weight is 349 g/mol. The highest BCUT2D eigenvalue weighted by Crippen LogP contribution is 2.21. The van der Waals surface area contributed by atoms with Gasteiger partial charge in [-0.1, -0.05) is 12.1 Å². The third-order valence-electron chi connectivity index (χ3n) is 4.03. The third kappa shape index (κ3) is 3.77. The van der Waals surface area contributed by atoms with Crippen molar-refractivity contribution in [2.75, 3.05) is 5.32 Å². The Morgan fingerprint density at radius 1 is 1.08 bits per heavy atom. The fourth-order valence-corrected chi connectivity index (χ4v) is 2.53. The first-order valence-corrected chi connectivity index (χ1v) is 8.11. The fraction of sp³-hybridized carbons (Fsp3) is 0.158. The molecule has 0 aliphatic heterocycles. The lowest BCUT2D eigenvalue weighted by atomic mass is 10.1. The number of rotatable bonds is 5. The molecule has 0 spiro atoms. The molecule has 1 aromatic carbocycles. The van der Waals surface area contributed by atoms with Crippen LogP contribution in [0, 0.1) is 6.92 Å². The summed E-state index contributed by atoms with van der Waals surface area (Å²) in [6, 6.07) is 8.55. The van der Waals surface area contributed by atoms with E-state index in [1.807, 2.05) is 30.8 Å². The van der Waals surface area contributed by atoms with Crippen LogP contribution in [0.3, 0.4) is 0 Å². The van der Waals surface area contributed by atoms with Crippen LogP contribution in [0.1, 0.15) is 32.1 Å². The minimum atomic E-state index is -0.292. The van der Waals surface area contributed by atoms with Crippen molar-refractivity contribution in [1.29, 1.82) is 0 Å². The van der Waals surface area contributed by atoms with Gasteiger partial charge < -0.3 is 15.2 Å². The molecule has 3 aromatic rings. The maximum Gasteiger partial charge on any atom is 0.255 e. The predicted molar refractivity (Wildman–Crippen MR) is 97.7 cm³/mol. The van der Waals surface area contributed by atoms with Crippen molar-refractivity contribution in [3.8, 4) is 0 Å². The van der Waals surface area contributed by atoms with E-state index in [0.29, 0.717) is 23.4 Å². The Hall–Kier alpha value is -3.48. The first-order valence-electron chi connectivity index (χ1n) is 8.11. The Bertz CT molecular complexity index is 934. The molecule has 132 valence electrons. The summed E-state index contributed by atoms with van der Waals surface area (Å²) in [5.41, 5.74) is 2.17. The number of para-hydroxylation sites is 1. The highest BCUT2D eigenvalue weighted by molar-refractivity contribution is 6.09. The highest BCUT2D eigenvalue weighted by Gasteiger charge is 2.16. The monoisotopic (exact) mass is 349 g/mol. The molecule has 0 saturated carbocycles. The van der Waals surface area contributed by atoms with Crippen molar-refractivity contribution < 1.29 is 9.59 Å². The second-order valence-electron chi connectivity index (χ2n) is 5.82. The van der Waals surface area contributed by atoms with Gasteiger partial charge in [-0.2, -0.15) is 0 Å². The Morgan fingerprint density at radius 3 is 2.54 bits per heavy atom. The van der Waals surface area contributed by atoms with E-state index >= 15 is 0 Å². The van der Waals surface area contributed by atoms with Crippen LogP contribution in [-0.4, -0.2) is 26.3 Å². The molecule has 0 aliphatic rings. The number of amides is 2. The largest absolute Gasteiger partial charge is 0.345 e. The van der Waals surface area contributed by atoms with Gasteiger partial charge in [-0.25, -0.2) is 4.98 Å². The number of hydrogen-bond donors (Lipinski definition) is 2. The van der Waals surface area contributed by atoms with Crippen molar-refractivity contribution in [2.24, 2.45) is 7.05 Å². The van der Waals surface area contributed by atoms with E-state index in [4.69, 9.17) is 0 Å². The maximum absolute atomic E-state index is 12.6. The molecule has 0 unspecified atom stereocenters. The molecule has 26 heavy (non-hydrogen) atoms. The van der Waals surface area contributed by atoms with Crippen molar-refractivity contribution in [1.82, 2.24) is 19.9 Å². The number of nitrogens with zero attached hydrogens (tertiary/aromatic N) is 3. The molecule has 2 N–H and O–H groups in total. The average Bonchev–Trinajstić information content (AvgIpc) is 3.07. The van der Waals surface area contributed by atoms with Gasteiger partial charge in [-0.3, -0.25) is 14.6 Å². The summed E-state index contributed by atoms with van der Waals surface area (Å²) >= 11 is 0. The number of benzene rings is 1. The molecule has 0 bridgehead atoms.